The van der Waals surface area contributed by atoms with Gasteiger partial charge in [0.05, 0.1) is 5.56 Å². The summed E-state index contributed by atoms with van der Waals surface area (Å²) < 4.78 is 5.02. The molecule has 0 aliphatic rings. The summed E-state index contributed by atoms with van der Waals surface area (Å²) in [6.45, 7) is 2.55. The maximum atomic E-state index is 12.7. The van der Waals surface area contributed by atoms with Crippen molar-refractivity contribution in [3.05, 3.63) is 58.1 Å². The molecule has 27 heavy (non-hydrogen) atoms. The molecule has 0 radical (unpaired) electrons. The van der Waals surface area contributed by atoms with E-state index in [0.717, 1.165) is 13.0 Å². The summed E-state index contributed by atoms with van der Waals surface area (Å²) in [5.74, 6) is 2.02. The summed E-state index contributed by atoms with van der Waals surface area (Å²) >= 11 is 5.90. The third-order valence-electron chi connectivity index (χ3n) is 3.63. The minimum absolute atomic E-state index is 0.201. The molecule has 4 N–H and O–H groups in total. The van der Waals surface area contributed by atoms with Crippen molar-refractivity contribution in [2.75, 3.05) is 0 Å². The molecule has 0 fully saturated rings. The summed E-state index contributed by atoms with van der Waals surface area (Å²) in [7, 11) is 0. The van der Waals surface area contributed by atoms with E-state index >= 15 is 0 Å². The van der Waals surface area contributed by atoms with Crippen molar-refractivity contribution in [2.45, 2.75) is 20.0 Å². The van der Waals surface area contributed by atoms with Crippen LogP contribution in [0.2, 0.25) is 5.02 Å². The number of hydrogen-bond donors (Lipinski definition) is 3. The van der Waals surface area contributed by atoms with E-state index in [4.69, 9.17) is 22.2 Å². The molecule has 0 bridgehead atoms. The maximum Gasteiger partial charge on any atom is 0.303 e. The summed E-state index contributed by atoms with van der Waals surface area (Å²) in [6, 6.07) is 8.15. The number of carbonyl (C=O) groups is 3. The first-order valence-corrected chi connectivity index (χ1v) is 8.08. The largest absolute Gasteiger partial charge is 0.508 e. The standard InChI is InChI=1S/C18H17ClN2O6/c1-9-6-13(23)8-14(24)15(9)17(25)21(20)18(26)16(27-10(2)22)11-4-3-5-12(19)7-11/h3-8,16,23-24H,20H2,1-2H3. The van der Waals surface area contributed by atoms with Gasteiger partial charge in [0.25, 0.3) is 11.8 Å². The Hall–Kier alpha value is -3.10. The van der Waals surface area contributed by atoms with Gasteiger partial charge in [0.15, 0.2) is 0 Å². The van der Waals surface area contributed by atoms with Crippen molar-refractivity contribution in [2.24, 2.45) is 5.84 Å². The quantitative estimate of drug-likeness (QED) is 0.314. The molecule has 8 nitrogen and oxygen atoms in total. The van der Waals surface area contributed by atoms with Crippen LogP contribution in [0.4, 0.5) is 0 Å². The number of phenols is 2. The second-order valence-corrected chi connectivity index (χ2v) is 6.15. The van der Waals surface area contributed by atoms with Crippen molar-refractivity contribution in [1.82, 2.24) is 5.01 Å². The topological polar surface area (TPSA) is 130 Å². The van der Waals surface area contributed by atoms with E-state index in [1.807, 2.05) is 0 Å². The van der Waals surface area contributed by atoms with E-state index in [9.17, 15) is 24.6 Å². The van der Waals surface area contributed by atoms with Crippen molar-refractivity contribution in [1.29, 1.82) is 0 Å². The predicted octanol–water partition coefficient (Wildman–Crippen LogP) is 2.21. The van der Waals surface area contributed by atoms with Crippen molar-refractivity contribution < 1.29 is 29.3 Å². The molecule has 0 aliphatic heterocycles. The maximum absolute atomic E-state index is 12.7. The van der Waals surface area contributed by atoms with E-state index in [1.54, 1.807) is 12.1 Å². The van der Waals surface area contributed by atoms with Crippen LogP contribution in [0.25, 0.3) is 0 Å². The van der Waals surface area contributed by atoms with Crippen LogP contribution in [-0.4, -0.2) is 33.0 Å². The van der Waals surface area contributed by atoms with Gasteiger partial charge in [-0.3, -0.25) is 14.4 Å². The van der Waals surface area contributed by atoms with Crippen LogP contribution in [0.15, 0.2) is 36.4 Å². The number of nitrogens with two attached hydrogens (primary N) is 1. The van der Waals surface area contributed by atoms with Crippen molar-refractivity contribution in [3.63, 3.8) is 0 Å². The van der Waals surface area contributed by atoms with Gasteiger partial charge in [-0.1, -0.05) is 23.7 Å². The van der Waals surface area contributed by atoms with Crippen LogP contribution >= 0.6 is 11.6 Å². The number of ether oxygens (including phenoxy) is 1. The lowest BCUT2D eigenvalue weighted by atomic mass is 10.0. The smallest absolute Gasteiger partial charge is 0.303 e. The number of benzene rings is 2. The molecule has 1 unspecified atom stereocenters. The molecule has 0 saturated heterocycles. The Morgan fingerprint density at radius 1 is 1.19 bits per heavy atom. The van der Waals surface area contributed by atoms with Crippen molar-refractivity contribution >= 4 is 29.4 Å². The van der Waals surface area contributed by atoms with Crippen LogP contribution < -0.4 is 5.84 Å². The molecule has 2 aromatic carbocycles. The minimum atomic E-state index is -1.50. The zero-order valence-electron chi connectivity index (χ0n) is 14.5. The van der Waals surface area contributed by atoms with Crippen LogP contribution in [0.1, 0.15) is 34.5 Å². The highest BCUT2D eigenvalue weighted by atomic mass is 35.5. The third kappa shape index (κ3) is 4.55. The highest BCUT2D eigenvalue weighted by Crippen LogP contribution is 2.29. The molecular weight excluding hydrogens is 376 g/mol. The van der Waals surface area contributed by atoms with Gasteiger partial charge in [-0.15, -0.1) is 0 Å². The van der Waals surface area contributed by atoms with E-state index in [2.05, 4.69) is 0 Å². The number of amides is 2. The van der Waals surface area contributed by atoms with Gasteiger partial charge in [-0.25, -0.2) is 10.9 Å². The van der Waals surface area contributed by atoms with Crippen LogP contribution in [-0.2, 0) is 14.3 Å². The van der Waals surface area contributed by atoms with Gasteiger partial charge >= 0.3 is 5.97 Å². The molecule has 2 amide bonds. The number of imide groups is 1. The molecule has 2 rings (SSSR count). The van der Waals surface area contributed by atoms with Crippen LogP contribution in [0, 0.1) is 6.92 Å². The highest BCUT2D eigenvalue weighted by molar-refractivity contribution is 6.30. The van der Waals surface area contributed by atoms with Gasteiger partial charge < -0.3 is 14.9 Å². The van der Waals surface area contributed by atoms with Crippen LogP contribution in [0.5, 0.6) is 11.5 Å². The zero-order valence-corrected chi connectivity index (χ0v) is 15.2. The number of aryl methyl sites for hydroxylation is 1. The second kappa shape index (κ2) is 8.07. The molecule has 142 valence electrons. The van der Waals surface area contributed by atoms with Crippen LogP contribution in [0.3, 0.4) is 0 Å². The molecule has 0 saturated carbocycles. The molecular formula is C18H17ClN2O6. The normalized spacial score (nSPS) is 11.6. The number of hydrazine groups is 1. The fraction of sp³-hybridized carbons (Fsp3) is 0.167. The first-order valence-electron chi connectivity index (χ1n) is 7.70. The fourth-order valence-electron chi connectivity index (χ4n) is 2.47. The SMILES string of the molecule is CC(=O)OC(C(=O)N(N)C(=O)c1c(C)cc(O)cc1O)c1cccc(Cl)c1. The monoisotopic (exact) mass is 392 g/mol. The van der Waals surface area contributed by atoms with Gasteiger partial charge in [0.2, 0.25) is 6.10 Å². The Bertz CT molecular complexity index is 891. The highest BCUT2D eigenvalue weighted by Gasteiger charge is 2.33. The van der Waals surface area contributed by atoms with E-state index < -0.39 is 29.6 Å². The van der Waals surface area contributed by atoms with Gasteiger partial charge in [0, 0.05) is 23.6 Å². The number of phenolic OH excluding ortho intramolecular Hbond substituents is 2. The Morgan fingerprint density at radius 2 is 1.85 bits per heavy atom. The Labute approximate surface area is 159 Å². The number of aromatic hydroxyl groups is 2. The fourth-order valence-corrected chi connectivity index (χ4v) is 2.67. The number of rotatable bonds is 4. The number of nitrogens with zero attached hydrogens (tertiary/aromatic N) is 1. The average molecular weight is 393 g/mol. The third-order valence-corrected chi connectivity index (χ3v) is 3.86. The Balaban J connectivity index is 2.40. The molecule has 0 heterocycles. The zero-order chi connectivity index (χ0) is 20.3. The van der Waals surface area contributed by atoms with E-state index in [0.29, 0.717) is 5.02 Å². The Morgan fingerprint density at radius 3 is 2.41 bits per heavy atom. The first kappa shape index (κ1) is 20.2. The summed E-state index contributed by atoms with van der Waals surface area (Å²) in [4.78, 5) is 36.7. The number of hydrogen-bond acceptors (Lipinski definition) is 7. The molecule has 0 aliphatic carbocycles. The Kier molecular flexibility index (Phi) is 6.04. The lowest BCUT2D eigenvalue weighted by Gasteiger charge is -2.23. The van der Waals surface area contributed by atoms with E-state index in [1.165, 1.54) is 25.1 Å². The van der Waals surface area contributed by atoms with E-state index in [-0.39, 0.29) is 27.4 Å². The number of carbonyl (C=O) groups excluding carboxylic acids is 3. The number of halogens is 1. The lowest BCUT2D eigenvalue weighted by Crippen LogP contribution is -2.46. The summed E-state index contributed by atoms with van der Waals surface area (Å²) in [6.07, 6.45) is -1.50. The molecule has 0 spiro atoms. The average Bonchev–Trinajstić information content (AvgIpc) is 2.57. The minimum Gasteiger partial charge on any atom is -0.508 e. The van der Waals surface area contributed by atoms with Gasteiger partial charge in [-0.05, 0) is 30.7 Å². The van der Waals surface area contributed by atoms with Crippen molar-refractivity contribution in [3.8, 4) is 11.5 Å². The first-order chi connectivity index (χ1) is 12.6. The molecule has 0 aromatic heterocycles. The lowest BCUT2D eigenvalue weighted by molar-refractivity contribution is -0.158. The molecule has 1 atom stereocenters. The number of esters is 1. The molecule has 2 aromatic rings. The second-order valence-electron chi connectivity index (χ2n) is 5.71. The molecule has 9 heteroatoms. The van der Waals surface area contributed by atoms with Gasteiger partial charge in [-0.2, -0.15) is 0 Å². The van der Waals surface area contributed by atoms with Gasteiger partial charge in [0.1, 0.15) is 11.5 Å². The predicted molar refractivity (Wildman–Crippen MR) is 95.8 cm³/mol. The summed E-state index contributed by atoms with van der Waals surface area (Å²) in [5.41, 5.74) is 0.154. The summed E-state index contributed by atoms with van der Waals surface area (Å²) in [5, 5.41) is 19.9.